The minimum absolute atomic E-state index is 0. The van der Waals surface area contributed by atoms with E-state index in [2.05, 4.69) is 98.7 Å². The molecule has 0 unspecified atom stereocenters. The number of fused-ring (bicyclic) bond motifs is 4. The average Bonchev–Trinajstić information content (AvgIpc) is 3.82. The van der Waals surface area contributed by atoms with Crippen molar-refractivity contribution in [2.45, 2.75) is 85.4 Å². The zero-order valence-electron chi connectivity index (χ0n) is 43.8. The van der Waals surface area contributed by atoms with Gasteiger partial charge in [0.2, 0.25) is 5.69 Å². The maximum absolute atomic E-state index is 8.70. The molecule has 8 aromatic rings. The van der Waals surface area contributed by atoms with Crippen LogP contribution in [0.4, 0.5) is 22.7 Å². The summed E-state index contributed by atoms with van der Waals surface area (Å²) in [6.45, 7) is 17.0. The molecule has 0 N–H and O–H groups in total. The second kappa shape index (κ2) is 15.6. The van der Waals surface area contributed by atoms with Gasteiger partial charge in [-0.25, -0.2) is 4.98 Å². The van der Waals surface area contributed by atoms with Crippen LogP contribution in [0.1, 0.15) is 95.5 Å². The van der Waals surface area contributed by atoms with Gasteiger partial charge in [-0.15, -0.1) is 23.6 Å². The van der Waals surface area contributed by atoms with Crippen LogP contribution in [0.3, 0.4) is 0 Å². The van der Waals surface area contributed by atoms with Crippen molar-refractivity contribution in [2.24, 2.45) is 0 Å². The quantitative estimate of drug-likeness (QED) is 0.123. The summed E-state index contributed by atoms with van der Waals surface area (Å²) >= 11 is 0. The number of aromatic nitrogens is 2. The van der Waals surface area contributed by atoms with Crippen molar-refractivity contribution in [1.82, 2.24) is 18.7 Å². The van der Waals surface area contributed by atoms with Gasteiger partial charge >= 0.3 is 32.8 Å². The van der Waals surface area contributed by atoms with E-state index in [9.17, 15) is 0 Å². The summed E-state index contributed by atoms with van der Waals surface area (Å²) in [5.41, 5.74) is 7.55. The first kappa shape index (κ1) is 32.9. The summed E-state index contributed by atoms with van der Waals surface area (Å²) in [6, 6.07) is 39.3. The largest absolute Gasteiger partial charge is 2.00 e. The molecule has 0 bridgehead atoms. The van der Waals surface area contributed by atoms with Crippen LogP contribution < -0.4 is 13.9 Å². The van der Waals surface area contributed by atoms with E-state index in [1.54, 1.807) is 30.5 Å². The summed E-state index contributed by atoms with van der Waals surface area (Å²) in [4.78, 5) is 4.82. The van der Waals surface area contributed by atoms with Gasteiger partial charge in [0.1, 0.15) is 11.5 Å². The van der Waals surface area contributed by atoms with Gasteiger partial charge in [-0.2, -0.15) is 12.1 Å². The number of ether oxygens (including phenoxy) is 1. The van der Waals surface area contributed by atoms with Crippen LogP contribution in [0, 0.1) is 19.0 Å². The molecule has 0 fully saturated rings. The van der Waals surface area contributed by atoms with Crippen molar-refractivity contribution >= 4 is 50.6 Å². The molecule has 0 amide bonds. The van der Waals surface area contributed by atoms with Crippen molar-refractivity contribution in [2.75, 3.05) is 0 Å². The van der Waals surface area contributed by atoms with Crippen molar-refractivity contribution in [1.29, 1.82) is 0 Å². The van der Waals surface area contributed by atoms with Gasteiger partial charge in [0.05, 0.1) is 6.85 Å². The van der Waals surface area contributed by atoms with Gasteiger partial charge < -0.3 is 9.30 Å². The van der Waals surface area contributed by atoms with Crippen LogP contribution in [0.2, 0.25) is 0 Å². The molecule has 0 saturated heterocycles. The predicted octanol–water partition coefficient (Wildman–Crippen LogP) is 14.3. The molecule has 61 heavy (non-hydrogen) atoms. The molecule has 6 aromatic carbocycles. The SMILES string of the molecule is [2H]c1c([2H])c([2H])c(-c2ccc3c(c2)c2ccc(Oc4[c-]c([N+]5=C=[N+](c6cc(C(C)(C)C)cc(C(C)(C)C)c6)c6c5cccc6C([2H])([2H])[2H])ccc4)[c-]c2n3-c2cc(C(C)(C)C)ccn2)c([2H])c1[2H].[Pt+2]. The second-order valence-corrected chi connectivity index (χ2v) is 18.5. The number of nitrogens with zero attached hydrogens (tertiary/aromatic N) is 4. The van der Waals surface area contributed by atoms with Gasteiger partial charge in [0, 0.05) is 51.1 Å². The van der Waals surface area contributed by atoms with Gasteiger partial charge in [0.15, 0.2) is 0 Å². The van der Waals surface area contributed by atoms with E-state index >= 15 is 0 Å². The molecule has 0 radical (unpaired) electrons. The Morgan fingerprint density at radius 1 is 0.672 bits per heavy atom. The number of benzene rings is 6. The van der Waals surface area contributed by atoms with Crippen molar-refractivity contribution in [3.05, 3.63) is 168 Å². The van der Waals surface area contributed by atoms with E-state index in [1.165, 1.54) is 0 Å². The Hall–Kier alpha value is -5.86. The Labute approximate surface area is 386 Å². The first-order chi connectivity index (χ1) is 31.8. The molecule has 3 heterocycles. The van der Waals surface area contributed by atoms with Crippen LogP contribution in [0.15, 0.2) is 133 Å². The number of hydrogen-bond donors (Lipinski definition) is 0. The third-order valence-electron chi connectivity index (χ3n) is 11.1. The molecule has 0 saturated carbocycles. The Bertz CT molecular complexity index is 3410. The van der Waals surface area contributed by atoms with Crippen LogP contribution in [-0.4, -0.2) is 15.6 Å². The van der Waals surface area contributed by atoms with Crippen LogP contribution >= 0.6 is 0 Å². The molecule has 0 aliphatic carbocycles. The Morgan fingerprint density at radius 2 is 1.38 bits per heavy atom. The smallest absolute Gasteiger partial charge is 0.509 e. The van der Waals surface area contributed by atoms with Gasteiger partial charge in [0.25, 0.3) is 5.69 Å². The standard InChI is InChI=1S/C55H52N4O.Pt/c1-36-16-14-21-49-52(36)58(43-30-40(54(5,6)7)29-41(31-43)55(8,9)10)35-57(49)42-19-15-20-44(33-42)60-45-23-24-46-47-28-38(37-17-12-11-13-18-37)22-25-48(47)59(50(46)34-45)51-32-39(26-27-56-51)53(2,3)4;/h11-32H,1-10H3;/q;+2/i1D3,11D,12D,13D,17D,18D;. The number of rotatable bonds is 6. The van der Waals surface area contributed by atoms with Crippen LogP contribution in [0.25, 0.3) is 38.8 Å². The normalized spacial score (nSPS) is 15.0. The van der Waals surface area contributed by atoms with E-state index < -0.39 is 25.0 Å². The Kier molecular flexibility index (Phi) is 8.38. The fraction of sp³-hybridized carbons (Fsp3) is 0.236. The van der Waals surface area contributed by atoms with Gasteiger partial charge in [-0.05, 0) is 79.1 Å². The molecule has 1 aliphatic heterocycles. The van der Waals surface area contributed by atoms with E-state index in [1.807, 2.05) is 68.3 Å². The summed E-state index contributed by atoms with van der Waals surface area (Å²) in [7, 11) is 0. The minimum Gasteiger partial charge on any atom is -0.509 e. The number of pyridine rings is 1. The predicted molar refractivity (Wildman–Crippen MR) is 250 cm³/mol. The number of para-hydroxylation sites is 1. The van der Waals surface area contributed by atoms with Gasteiger partial charge in [-0.3, -0.25) is 0 Å². The van der Waals surface area contributed by atoms with Crippen LogP contribution in [-0.2, 0) is 37.3 Å². The summed E-state index contributed by atoms with van der Waals surface area (Å²) in [5, 5.41) is 1.56. The fourth-order valence-corrected chi connectivity index (χ4v) is 7.65. The third-order valence-corrected chi connectivity index (χ3v) is 11.1. The van der Waals surface area contributed by atoms with E-state index in [0.29, 0.717) is 45.5 Å². The second-order valence-electron chi connectivity index (χ2n) is 18.5. The monoisotopic (exact) mass is 987 g/mol. The molecule has 0 spiro atoms. The zero-order valence-corrected chi connectivity index (χ0v) is 38.1. The third kappa shape index (κ3) is 7.94. The molecule has 2 aromatic heterocycles. The van der Waals surface area contributed by atoms with E-state index in [-0.39, 0.29) is 60.5 Å². The topological polar surface area (TPSA) is 33.1 Å². The molecule has 9 rings (SSSR count). The Balaban J connectivity index is 0.00000642. The average molecular weight is 988 g/mol. The minimum atomic E-state index is -2.41. The fourth-order valence-electron chi connectivity index (χ4n) is 7.65. The summed E-state index contributed by atoms with van der Waals surface area (Å²) < 4.78 is 80.2. The maximum Gasteiger partial charge on any atom is 2.00 e. The zero-order chi connectivity index (χ0) is 49.0. The first-order valence-corrected chi connectivity index (χ1v) is 20.2. The van der Waals surface area contributed by atoms with Crippen molar-refractivity contribution in [3.63, 3.8) is 0 Å². The number of hydrogen-bond acceptors (Lipinski definition) is 2. The molecular weight excluding hydrogens is 928 g/mol. The van der Waals surface area contributed by atoms with E-state index in [4.69, 9.17) is 20.7 Å². The molecule has 1 aliphatic rings. The van der Waals surface area contributed by atoms with Gasteiger partial charge in [-0.1, -0.05) is 145 Å². The summed E-state index contributed by atoms with van der Waals surface area (Å²) in [5.74, 6) is 1.43. The van der Waals surface area contributed by atoms with Crippen molar-refractivity contribution in [3.8, 4) is 28.4 Å². The molecule has 0 atom stereocenters. The first-order valence-electron chi connectivity index (χ1n) is 24.2. The van der Waals surface area contributed by atoms with Crippen LogP contribution in [0.5, 0.6) is 11.5 Å². The molecule has 5 nitrogen and oxygen atoms in total. The van der Waals surface area contributed by atoms with E-state index in [0.717, 1.165) is 38.7 Å². The molecule has 306 valence electrons. The maximum atomic E-state index is 8.70. The van der Waals surface area contributed by atoms with Crippen molar-refractivity contribution < 1.29 is 36.8 Å². The number of aryl methyl sites for hydroxylation is 1. The Morgan fingerprint density at radius 3 is 2.08 bits per heavy atom. The molecule has 6 heteroatoms. The molecular formula is C55H52N4OPt+2. The summed E-state index contributed by atoms with van der Waals surface area (Å²) in [6.07, 6.45) is 1.78.